The summed E-state index contributed by atoms with van der Waals surface area (Å²) in [5, 5.41) is 3.81. The highest BCUT2D eigenvalue weighted by molar-refractivity contribution is 6.32. The number of carbonyl (C=O) groups excluding carboxylic acids is 1. The highest BCUT2D eigenvalue weighted by Gasteiger charge is 2.26. The lowest BCUT2D eigenvalue weighted by atomic mass is 10.2. The number of nitrogens with one attached hydrogen (secondary N) is 1. The van der Waals surface area contributed by atoms with Crippen LogP contribution in [0.25, 0.3) is 0 Å². The fraction of sp³-hybridized carbons (Fsp3) is 0.348. The van der Waals surface area contributed by atoms with E-state index in [2.05, 4.69) is 32.1 Å². The van der Waals surface area contributed by atoms with Crippen molar-refractivity contribution in [2.75, 3.05) is 35.8 Å². The number of halogens is 1. The van der Waals surface area contributed by atoms with Gasteiger partial charge in [-0.3, -0.25) is 9.69 Å². The number of hydrogen-bond donors (Lipinski definition) is 1. The van der Waals surface area contributed by atoms with Crippen LogP contribution >= 0.6 is 11.6 Å². The number of nitrogens with zero attached hydrogens (tertiary/aromatic N) is 6. The summed E-state index contributed by atoms with van der Waals surface area (Å²) < 4.78 is 5.22. The third kappa shape index (κ3) is 4.98. The molecule has 0 saturated carbocycles. The molecule has 3 heterocycles. The molecule has 2 aromatic heterocycles. The molecule has 0 bridgehead atoms. The van der Waals surface area contributed by atoms with E-state index in [4.69, 9.17) is 21.3 Å². The average Bonchev–Trinajstić information content (AvgIpc) is 3.28. The van der Waals surface area contributed by atoms with Crippen molar-refractivity contribution >= 4 is 35.2 Å². The van der Waals surface area contributed by atoms with Crippen molar-refractivity contribution in [3.05, 3.63) is 59.0 Å². The number of carbonyl (C=O) groups is 1. The monoisotopic (exact) mass is 467 g/mol. The molecule has 9 nitrogen and oxygen atoms in total. The first-order valence-electron chi connectivity index (χ1n) is 10.7. The largest absolute Gasteiger partial charge is 0.495 e. The number of anilines is 3. The molecule has 4 rings (SSSR count). The van der Waals surface area contributed by atoms with E-state index in [-0.39, 0.29) is 5.91 Å². The molecule has 1 fully saturated rings. The summed E-state index contributed by atoms with van der Waals surface area (Å²) in [6, 6.07) is 7.59. The molecule has 0 spiro atoms. The number of aromatic nitrogens is 4. The molecule has 172 valence electrons. The minimum absolute atomic E-state index is 0.299. The molecule has 10 heteroatoms. The Kier molecular flexibility index (Phi) is 6.88. The summed E-state index contributed by atoms with van der Waals surface area (Å²) in [4.78, 5) is 34.4. The summed E-state index contributed by atoms with van der Waals surface area (Å²) in [7, 11) is 3.20. The zero-order valence-corrected chi connectivity index (χ0v) is 19.6. The van der Waals surface area contributed by atoms with Crippen molar-refractivity contribution in [3.63, 3.8) is 0 Å². The molecule has 1 saturated heterocycles. The lowest BCUT2D eigenvalue weighted by Gasteiger charge is -2.23. The SMILES string of the molecule is COc1ccc(CNc2nc(N3CCC[C@@H]3C)ncc2C(=O)N(C)c2ncccn2)cc1Cl. The summed E-state index contributed by atoms with van der Waals surface area (Å²) >= 11 is 6.27. The van der Waals surface area contributed by atoms with Crippen molar-refractivity contribution in [2.45, 2.75) is 32.4 Å². The molecule has 0 radical (unpaired) electrons. The van der Waals surface area contributed by atoms with Crippen molar-refractivity contribution in [1.82, 2.24) is 19.9 Å². The standard InChI is InChI=1S/C23H26ClN7O2/c1-15-6-4-11-31(15)23-28-14-17(21(32)30(2)22-25-9-5-10-26-22)20(29-23)27-13-16-7-8-19(33-3)18(24)12-16/h5,7-10,12,14-15H,4,6,11,13H2,1-3H3,(H,27,28,29)/t15-/m0/s1. The van der Waals surface area contributed by atoms with Gasteiger partial charge in [-0.05, 0) is 43.5 Å². The quantitative estimate of drug-likeness (QED) is 0.560. The van der Waals surface area contributed by atoms with Gasteiger partial charge in [0.15, 0.2) is 0 Å². The van der Waals surface area contributed by atoms with E-state index in [1.54, 1.807) is 38.8 Å². The maximum Gasteiger partial charge on any atom is 0.265 e. The van der Waals surface area contributed by atoms with Crippen molar-refractivity contribution in [3.8, 4) is 5.75 Å². The van der Waals surface area contributed by atoms with Crippen LogP contribution in [0.3, 0.4) is 0 Å². The Hall–Kier alpha value is -3.46. The molecule has 33 heavy (non-hydrogen) atoms. The number of amides is 1. The predicted octanol–water partition coefficient (Wildman–Crippen LogP) is 3.81. The van der Waals surface area contributed by atoms with Crippen LogP contribution in [0.15, 0.2) is 42.9 Å². The second-order valence-electron chi connectivity index (χ2n) is 7.85. The third-order valence-electron chi connectivity index (χ3n) is 5.65. The Balaban J connectivity index is 1.64. The number of hydrogen-bond acceptors (Lipinski definition) is 8. The summed E-state index contributed by atoms with van der Waals surface area (Å²) in [5.41, 5.74) is 1.26. The Morgan fingerprint density at radius 3 is 2.76 bits per heavy atom. The number of methoxy groups -OCH3 is 1. The summed E-state index contributed by atoms with van der Waals surface area (Å²) in [6.07, 6.45) is 6.93. The highest BCUT2D eigenvalue weighted by Crippen LogP contribution is 2.27. The molecule has 0 unspecified atom stereocenters. The molecule has 1 N–H and O–H groups in total. The van der Waals surface area contributed by atoms with Gasteiger partial charge in [0.25, 0.3) is 5.91 Å². The van der Waals surface area contributed by atoms with Gasteiger partial charge < -0.3 is 15.0 Å². The van der Waals surface area contributed by atoms with Crippen molar-refractivity contribution in [1.29, 1.82) is 0 Å². The molecular weight excluding hydrogens is 442 g/mol. The van der Waals surface area contributed by atoms with Crippen LogP contribution in [0, 0.1) is 0 Å². The van der Waals surface area contributed by atoms with Crippen molar-refractivity contribution in [2.24, 2.45) is 0 Å². The number of benzene rings is 1. The Labute approximate surface area is 197 Å². The van der Waals surface area contributed by atoms with Gasteiger partial charge in [-0.15, -0.1) is 0 Å². The Morgan fingerprint density at radius 1 is 1.30 bits per heavy atom. The van der Waals surface area contributed by atoms with E-state index in [1.807, 2.05) is 18.2 Å². The molecule has 1 aliphatic heterocycles. The zero-order valence-electron chi connectivity index (χ0n) is 18.8. The van der Waals surface area contributed by atoms with E-state index < -0.39 is 0 Å². The fourth-order valence-electron chi connectivity index (χ4n) is 3.77. The van der Waals surface area contributed by atoms with Crippen LogP contribution < -0.4 is 19.9 Å². The maximum atomic E-state index is 13.3. The fourth-order valence-corrected chi connectivity index (χ4v) is 4.05. The molecule has 1 aromatic carbocycles. The van der Waals surface area contributed by atoms with Crippen LogP contribution in [0.2, 0.25) is 5.02 Å². The highest BCUT2D eigenvalue weighted by atomic mass is 35.5. The van der Waals surface area contributed by atoms with Gasteiger partial charge in [-0.2, -0.15) is 4.98 Å². The van der Waals surface area contributed by atoms with Gasteiger partial charge in [0.2, 0.25) is 11.9 Å². The summed E-state index contributed by atoms with van der Waals surface area (Å²) in [5.74, 6) is 1.64. The van der Waals surface area contributed by atoms with Gasteiger partial charge in [-0.1, -0.05) is 17.7 Å². The zero-order chi connectivity index (χ0) is 23.4. The minimum Gasteiger partial charge on any atom is -0.495 e. The van der Waals surface area contributed by atoms with E-state index in [0.29, 0.717) is 46.6 Å². The predicted molar refractivity (Wildman–Crippen MR) is 128 cm³/mol. The molecular formula is C23H26ClN7O2. The first-order valence-corrected chi connectivity index (χ1v) is 11.1. The minimum atomic E-state index is -0.308. The molecule has 0 aliphatic carbocycles. The van der Waals surface area contributed by atoms with Crippen LogP contribution in [-0.2, 0) is 6.54 Å². The second kappa shape index (κ2) is 9.99. The van der Waals surface area contributed by atoms with Crippen LogP contribution in [0.1, 0.15) is 35.7 Å². The van der Waals surface area contributed by atoms with Gasteiger partial charge in [0.05, 0.1) is 12.1 Å². The van der Waals surface area contributed by atoms with Crippen LogP contribution in [0.4, 0.5) is 17.7 Å². The normalized spacial score (nSPS) is 15.4. The van der Waals surface area contributed by atoms with Gasteiger partial charge in [-0.25, -0.2) is 15.0 Å². The van der Waals surface area contributed by atoms with Gasteiger partial charge >= 0.3 is 0 Å². The van der Waals surface area contributed by atoms with Gasteiger partial charge in [0, 0.05) is 44.8 Å². The first-order chi connectivity index (χ1) is 16.0. The molecule has 1 aliphatic rings. The van der Waals surface area contributed by atoms with E-state index in [1.165, 1.54) is 4.90 Å². The number of rotatable bonds is 7. The second-order valence-corrected chi connectivity index (χ2v) is 8.26. The maximum absolute atomic E-state index is 13.3. The van der Waals surface area contributed by atoms with E-state index in [0.717, 1.165) is 24.9 Å². The first kappa shape index (κ1) is 22.7. The Morgan fingerprint density at radius 2 is 2.09 bits per heavy atom. The van der Waals surface area contributed by atoms with Gasteiger partial charge in [0.1, 0.15) is 17.1 Å². The molecule has 3 aromatic rings. The van der Waals surface area contributed by atoms with Crippen LogP contribution in [-0.4, -0.2) is 52.6 Å². The van der Waals surface area contributed by atoms with E-state index >= 15 is 0 Å². The summed E-state index contributed by atoms with van der Waals surface area (Å²) in [6.45, 7) is 3.46. The average molecular weight is 468 g/mol. The van der Waals surface area contributed by atoms with Crippen LogP contribution in [0.5, 0.6) is 5.75 Å². The lowest BCUT2D eigenvalue weighted by Crippen LogP contribution is -2.31. The third-order valence-corrected chi connectivity index (χ3v) is 5.94. The number of ether oxygens (including phenoxy) is 1. The molecule has 1 atom stereocenters. The smallest absolute Gasteiger partial charge is 0.265 e. The molecule has 1 amide bonds. The van der Waals surface area contributed by atoms with E-state index in [9.17, 15) is 4.79 Å². The lowest BCUT2D eigenvalue weighted by molar-refractivity contribution is 0.0991. The van der Waals surface area contributed by atoms with Crippen molar-refractivity contribution < 1.29 is 9.53 Å². The Bertz CT molecular complexity index is 1130. The topological polar surface area (TPSA) is 96.4 Å².